The van der Waals surface area contributed by atoms with Gasteiger partial charge in [-0.3, -0.25) is 14.3 Å². The van der Waals surface area contributed by atoms with Crippen molar-refractivity contribution in [1.29, 1.82) is 0 Å². The number of halogens is 5. The minimum absolute atomic E-state index is 0.0793. The number of alkyl halides is 3. The van der Waals surface area contributed by atoms with Crippen LogP contribution in [0.25, 0.3) is 16.6 Å². The van der Waals surface area contributed by atoms with Crippen LogP contribution < -0.4 is 10.1 Å². The van der Waals surface area contributed by atoms with Crippen molar-refractivity contribution in [2.75, 3.05) is 5.32 Å². The van der Waals surface area contributed by atoms with Crippen LogP contribution in [0.3, 0.4) is 0 Å². The summed E-state index contributed by atoms with van der Waals surface area (Å²) >= 11 is 0. The molecule has 2 aromatic carbocycles. The first kappa shape index (κ1) is 23.3. The zero-order chi connectivity index (χ0) is 25.6. The number of hydrogen-bond acceptors (Lipinski definition) is 4. The van der Waals surface area contributed by atoms with Crippen LogP contribution >= 0.6 is 0 Å². The number of H-pyrrole nitrogens is 1. The highest BCUT2D eigenvalue weighted by Crippen LogP contribution is 2.33. The number of imidazole rings is 1. The van der Waals surface area contributed by atoms with Gasteiger partial charge >= 0.3 is 6.18 Å². The molecule has 0 spiro atoms. The summed E-state index contributed by atoms with van der Waals surface area (Å²) in [5.41, 5.74) is -0.255. The Morgan fingerprint density at radius 2 is 1.86 bits per heavy atom. The first-order chi connectivity index (χ1) is 17.1. The second-order valence-corrected chi connectivity index (χ2v) is 7.89. The highest BCUT2D eigenvalue weighted by atomic mass is 19.4. The van der Waals surface area contributed by atoms with Gasteiger partial charge in [0.2, 0.25) is 0 Å². The number of aromatic nitrogens is 4. The first-order valence-corrected chi connectivity index (χ1v) is 10.5. The van der Waals surface area contributed by atoms with E-state index in [-0.39, 0.29) is 39.6 Å². The van der Waals surface area contributed by atoms with E-state index in [1.807, 2.05) is 0 Å². The lowest BCUT2D eigenvalue weighted by atomic mass is 10.1. The van der Waals surface area contributed by atoms with Crippen LogP contribution in [0.5, 0.6) is 5.75 Å². The normalized spacial score (nSPS) is 11.8. The second-order valence-electron chi connectivity index (χ2n) is 7.89. The second kappa shape index (κ2) is 8.63. The van der Waals surface area contributed by atoms with Gasteiger partial charge in [0.1, 0.15) is 23.9 Å². The Labute approximate surface area is 199 Å². The number of ether oxygens (including phenoxy) is 1. The number of aryl methyl sites for hydroxylation is 1. The highest BCUT2D eigenvalue weighted by Gasteiger charge is 2.31. The molecule has 0 aliphatic heterocycles. The molecule has 7 nitrogen and oxygen atoms in total. The van der Waals surface area contributed by atoms with Gasteiger partial charge in [-0.2, -0.15) is 18.3 Å². The van der Waals surface area contributed by atoms with Gasteiger partial charge in [-0.25, -0.2) is 13.8 Å². The number of carbonyl (C=O) groups excluding carboxylic acids is 1. The molecule has 0 unspecified atom stereocenters. The molecule has 0 atom stereocenters. The number of benzene rings is 2. The van der Waals surface area contributed by atoms with Gasteiger partial charge in [-0.1, -0.05) is 6.07 Å². The summed E-state index contributed by atoms with van der Waals surface area (Å²) in [7, 11) is 0. The standard InChI is InChI=1S/C24H16F5N5O2/c1-12-20(23(35)31-21-14-10-13(24(27,28)29)7-8-18(14)32-33-21)34-9-3-6-19(22(34)30-12)36-11-15-16(25)4-2-5-17(15)26/h2-10H,11H2,1H3,(H2,31,32,33,35). The zero-order valence-electron chi connectivity index (χ0n) is 18.5. The molecule has 12 heteroatoms. The fourth-order valence-corrected chi connectivity index (χ4v) is 3.81. The Hall–Kier alpha value is -4.48. The molecular formula is C24H16F5N5O2. The van der Waals surface area contributed by atoms with E-state index in [4.69, 9.17) is 4.74 Å². The van der Waals surface area contributed by atoms with Crippen molar-refractivity contribution in [3.8, 4) is 5.75 Å². The predicted molar refractivity (Wildman–Crippen MR) is 120 cm³/mol. The van der Waals surface area contributed by atoms with Crippen LogP contribution in [0.4, 0.5) is 27.8 Å². The van der Waals surface area contributed by atoms with E-state index >= 15 is 0 Å². The maximum Gasteiger partial charge on any atom is 0.416 e. The number of nitrogens with one attached hydrogen (secondary N) is 2. The topological polar surface area (TPSA) is 84.3 Å². The van der Waals surface area contributed by atoms with Crippen molar-refractivity contribution in [3.63, 3.8) is 0 Å². The molecule has 184 valence electrons. The van der Waals surface area contributed by atoms with Crippen LogP contribution in [0.1, 0.15) is 27.3 Å². The number of fused-ring (bicyclic) bond motifs is 2. The van der Waals surface area contributed by atoms with Gasteiger partial charge in [-0.05, 0) is 49.4 Å². The number of amides is 1. The van der Waals surface area contributed by atoms with Crippen LogP contribution in [0, 0.1) is 18.6 Å². The van der Waals surface area contributed by atoms with Crippen molar-refractivity contribution in [3.05, 3.63) is 88.9 Å². The van der Waals surface area contributed by atoms with Crippen molar-refractivity contribution in [2.24, 2.45) is 0 Å². The van der Waals surface area contributed by atoms with E-state index in [1.165, 1.54) is 28.8 Å². The monoisotopic (exact) mass is 501 g/mol. The van der Waals surface area contributed by atoms with Gasteiger partial charge in [0.05, 0.1) is 22.3 Å². The largest absolute Gasteiger partial charge is 0.485 e. The molecule has 0 saturated heterocycles. The number of anilines is 1. The van der Waals surface area contributed by atoms with Gasteiger partial charge in [0, 0.05) is 11.6 Å². The number of aromatic amines is 1. The fraction of sp³-hybridized carbons (Fsp3) is 0.125. The third-order valence-electron chi connectivity index (χ3n) is 5.56. The number of carbonyl (C=O) groups is 1. The van der Waals surface area contributed by atoms with Gasteiger partial charge < -0.3 is 10.1 Å². The van der Waals surface area contributed by atoms with E-state index in [0.717, 1.165) is 24.3 Å². The molecule has 1 amide bonds. The van der Waals surface area contributed by atoms with Crippen molar-refractivity contribution >= 4 is 28.3 Å². The Kier molecular flexibility index (Phi) is 5.58. The van der Waals surface area contributed by atoms with E-state index < -0.39 is 35.9 Å². The Morgan fingerprint density at radius 1 is 1.11 bits per heavy atom. The fourth-order valence-electron chi connectivity index (χ4n) is 3.81. The summed E-state index contributed by atoms with van der Waals surface area (Å²) in [5.74, 6) is -2.12. The smallest absolute Gasteiger partial charge is 0.416 e. The molecule has 5 aromatic rings. The third-order valence-corrected chi connectivity index (χ3v) is 5.56. The molecule has 0 bridgehead atoms. The summed E-state index contributed by atoms with van der Waals surface area (Å²) in [5, 5.41) is 9.12. The lowest BCUT2D eigenvalue weighted by molar-refractivity contribution is -0.137. The molecule has 3 aromatic heterocycles. The molecule has 0 saturated carbocycles. The first-order valence-electron chi connectivity index (χ1n) is 10.5. The molecular weight excluding hydrogens is 485 g/mol. The van der Waals surface area contributed by atoms with Crippen LogP contribution in [0.15, 0.2) is 54.7 Å². The van der Waals surface area contributed by atoms with E-state index in [0.29, 0.717) is 5.52 Å². The van der Waals surface area contributed by atoms with Gasteiger partial charge in [0.25, 0.3) is 5.91 Å². The lowest BCUT2D eigenvalue weighted by Gasteiger charge is -2.10. The third kappa shape index (κ3) is 4.10. The molecule has 5 rings (SSSR count). The van der Waals surface area contributed by atoms with Crippen LogP contribution in [-0.4, -0.2) is 25.5 Å². The van der Waals surface area contributed by atoms with Gasteiger partial charge in [-0.15, -0.1) is 0 Å². The number of rotatable bonds is 5. The number of nitrogens with zero attached hydrogens (tertiary/aromatic N) is 3. The Bertz CT molecular complexity index is 1600. The molecule has 0 radical (unpaired) electrons. The molecule has 0 aliphatic carbocycles. The summed E-state index contributed by atoms with van der Waals surface area (Å²) < 4.78 is 74.3. The summed E-state index contributed by atoms with van der Waals surface area (Å²) in [6, 6.07) is 9.58. The van der Waals surface area contributed by atoms with E-state index in [1.54, 1.807) is 13.0 Å². The van der Waals surface area contributed by atoms with Crippen molar-refractivity contribution in [1.82, 2.24) is 19.6 Å². The predicted octanol–water partition coefficient (Wildman–Crippen LogP) is 5.65. The minimum Gasteiger partial charge on any atom is -0.485 e. The molecule has 2 N–H and O–H groups in total. The Morgan fingerprint density at radius 3 is 2.58 bits per heavy atom. The Balaban J connectivity index is 1.46. The molecule has 3 heterocycles. The SMILES string of the molecule is Cc1nc2c(OCc3c(F)cccc3F)cccn2c1C(=O)Nc1n[nH]c2ccc(C(F)(F)F)cc12. The maximum absolute atomic E-state index is 14.0. The summed E-state index contributed by atoms with van der Waals surface area (Å²) in [6.45, 7) is 1.15. The summed E-state index contributed by atoms with van der Waals surface area (Å²) in [4.78, 5) is 17.5. The van der Waals surface area contributed by atoms with Crippen molar-refractivity contribution < 1.29 is 31.5 Å². The average Bonchev–Trinajstić information content (AvgIpc) is 3.38. The van der Waals surface area contributed by atoms with Gasteiger partial charge in [0.15, 0.2) is 17.2 Å². The number of hydrogen-bond donors (Lipinski definition) is 2. The molecule has 0 aliphatic rings. The number of pyridine rings is 1. The summed E-state index contributed by atoms with van der Waals surface area (Å²) in [6.07, 6.45) is -3.03. The van der Waals surface area contributed by atoms with E-state index in [2.05, 4.69) is 20.5 Å². The van der Waals surface area contributed by atoms with E-state index in [9.17, 15) is 26.7 Å². The lowest BCUT2D eigenvalue weighted by Crippen LogP contribution is -2.16. The highest BCUT2D eigenvalue weighted by molar-refractivity contribution is 6.08. The molecule has 0 fully saturated rings. The quantitative estimate of drug-likeness (QED) is 0.305. The van der Waals surface area contributed by atoms with Crippen LogP contribution in [0.2, 0.25) is 0 Å². The maximum atomic E-state index is 14.0. The van der Waals surface area contributed by atoms with Crippen LogP contribution in [-0.2, 0) is 12.8 Å². The average molecular weight is 501 g/mol. The zero-order valence-corrected chi connectivity index (χ0v) is 18.5. The minimum atomic E-state index is -4.56. The molecule has 36 heavy (non-hydrogen) atoms. The van der Waals surface area contributed by atoms with Crippen molar-refractivity contribution in [2.45, 2.75) is 19.7 Å².